The van der Waals surface area contributed by atoms with Gasteiger partial charge in [-0.3, -0.25) is 9.78 Å². The quantitative estimate of drug-likeness (QED) is 0.877. The zero-order valence-electron chi connectivity index (χ0n) is 12.7. The molecule has 0 aliphatic heterocycles. The Kier molecular flexibility index (Phi) is 4.38. The third-order valence-corrected chi connectivity index (χ3v) is 4.74. The summed E-state index contributed by atoms with van der Waals surface area (Å²) >= 11 is 1.46. The number of hydrogen-bond donors (Lipinski definition) is 1. The van der Waals surface area contributed by atoms with E-state index in [0.29, 0.717) is 5.69 Å². The van der Waals surface area contributed by atoms with Gasteiger partial charge in [0.15, 0.2) is 0 Å². The molecule has 23 heavy (non-hydrogen) atoms. The Balaban J connectivity index is 1.72. The Labute approximate surface area is 137 Å². The third kappa shape index (κ3) is 3.56. The van der Waals surface area contributed by atoms with Gasteiger partial charge in [0.1, 0.15) is 11.0 Å². The fraction of sp³-hybridized carbons (Fsp3) is 0.375. The lowest BCUT2D eigenvalue weighted by Gasteiger charge is -2.26. The molecule has 1 aliphatic rings. The number of hydrogen-bond acceptors (Lipinski definition) is 5. The highest BCUT2D eigenvalue weighted by atomic mass is 32.1. The molecule has 0 aromatic carbocycles. The van der Waals surface area contributed by atoms with Crippen molar-refractivity contribution >= 4 is 23.2 Å². The summed E-state index contributed by atoms with van der Waals surface area (Å²) in [5, 5.41) is 11.8. The van der Waals surface area contributed by atoms with Crippen LogP contribution >= 0.6 is 11.3 Å². The van der Waals surface area contributed by atoms with Crippen LogP contribution in [0.1, 0.15) is 25.5 Å². The van der Waals surface area contributed by atoms with E-state index >= 15 is 0 Å². The normalized spacial score (nSPS) is 15.2. The Hall–Kier alpha value is -2.28. The summed E-state index contributed by atoms with van der Waals surface area (Å²) in [4.78, 5) is 33.7. The summed E-state index contributed by atoms with van der Waals surface area (Å²) in [7, 11) is 0. The van der Waals surface area contributed by atoms with Crippen LogP contribution < -0.4 is 0 Å². The molecule has 1 unspecified atom stereocenters. The molecule has 1 amide bonds. The minimum Gasteiger partial charge on any atom is -0.480 e. The first-order valence-corrected chi connectivity index (χ1v) is 8.33. The number of carboxylic acid groups (broad SMARTS) is 1. The fourth-order valence-electron chi connectivity index (χ4n) is 2.46. The summed E-state index contributed by atoms with van der Waals surface area (Å²) in [5.41, 5.74) is 1.58. The van der Waals surface area contributed by atoms with Crippen molar-refractivity contribution in [1.82, 2.24) is 14.9 Å². The highest BCUT2D eigenvalue weighted by Gasteiger charge is 2.38. The summed E-state index contributed by atoms with van der Waals surface area (Å²) in [6, 6.07) is 3.02. The Morgan fingerprint density at radius 3 is 2.87 bits per heavy atom. The maximum Gasteiger partial charge on any atom is 0.326 e. The zero-order chi connectivity index (χ0) is 16.4. The van der Waals surface area contributed by atoms with Crippen LogP contribution in [-0.2, 0) is 16.0 Å². The molecule has 0 saturated heterocycles. The van der Waals surface area contributed by atoms with Gasteiger partial charge < -0.3 is 10.0 Å². The van der Waals surface area contributed by atoms with Crippen LogP contribution in [0.25, 0.3) is 10.6 Å². The van der Waals surface area contributed by atoms with Gasteiger partial charge in [-0.25, -0.2) is 9.78 Å². The first-order valence-electron chi connectivity index (χ1n) is 7.45. The molecule has 2 aromatic rings. The molecule has 1 fully saturated rings. The maximum atomic E-state index is 12.5. The van der Waals surface area contributed by atoms with Crippen molar-refractivity contribution < 1.29 is 14.7 Å². The van der Waals surface area contributed by atoms with Crippen LogP contribution in [0.15, 0.2) is 29.9 Å². The average molecular weight is 331 g/mol. The van der Waals surface area contributed by atoms with Crippen LogP contribution in [-0.4, -0.2) is 43.9 Å². The van der Waals surface area contributed by atoms with Gasteiger partial charge in [0, 0.05) is 29.4 Å². The van der Waals surface area contributed by atoms with Gasteiger partial charge in [-0.2, -0.15) is 0 Å². The lowest BCUT2D eigenvalue weighted by Crippen LogP contribution is -2.45. The molecule has 1 N–H and O–H groups in total. The molecule has 1 aliphatic carbocycles. The smallest absolute Gasteiger partial charge is 0.326 e. The first-order chi connectivity index (χ1) is 11.1. The van der Waals surface area contributed by atoms with Crippen molar-refractivity contribution in [3.63, 3.8) is 0 Å². The van der Waals surface area contributed by atoms with E-state index in [0.717, 1.165) is 23.4 Å². The van der Waals surface area contributed by atoms with Gasteiger partial charge in [-0.15, -0.1) is 11.3 Å². The minimum atomic E-state index is -0.973. The molecule has 1 saturated carbocycles. The topological polar surface area (TPSA) is 83.4 Å². The van der Waals surface area contributed by atoms with E-state index in [9.17, 15) is 14.7 Å². The largest absolute Gasteiger partial charge is 0.480 e. The molecule has 0 spiro atoms. The summed E-state index contributed by atoms with van der Waals surface area (Å²) in [5.74, 6) is -1.15. The van der Waals surface area contributed by atoms with Crippen molar-refractivity contribution in [3.8, 4) is 10.6 Å². The molecular formula is C16H17N3O3S. The molecule has 1 atom stereocenters. The van der Waals surface area contributed by atoms with Crippen molar-refractivity contribution in [2.75, 3.05) is 0 Å². The van der Waals surface area contributed by atoms with Crippen molar-refractivity contribution in [3.05, 3.63) is 35.6 Å². The predicted molar refractivity (Wildman–Crippen MR) is 86.0 cm³/mol. The predicted octanol–water partition coefficient (Wildman–Crippen LogP) is 2.21. The van der Waals surface area contributed by atoms with Gasteiger partial charge in [-0.05, 0) is 31.9 Å². The zero-order valence-corrected chi connectivity index (χ0v) is 13.5. The highest BCUT2D eigenvalue weighted by Crippen LogP contribution is 2.30. The van der Waals surface area contributed by atoms with E-state index in [1.54, 1.807) is 19.3 Å². The third-order valence-electron chi connectivity index (χ3n) is 3.80. The molecule has 2 heterocycles. The van der Waals surface area contributed by atoms with E-state index in [2.05, 4.69) is 9.97 Å². The van der Waals surface area contributed by atoms with Crippen molar-refractivity contribution in [2.24, 2.45) is 0 Å². The second kappa shape index (κ2) is 6.45. The minimum absolute atomic E-state index is 0.0602. The molecular weight excluding hydrogens is 314 g/mol. The average Bonchev–Trinajstić information content (AvgIpc) is 3.26. The number of rotatable bonds is 6. The van der Waals surface area contributed by atoms with E-state index in [4.69, 9.17) is 0 Å². The van der Waals surface area contributed by atoms with Gasteiger partial charge in [0.2, 0.25) is 5.91 Å². The van der Waals surface area contributed by atoms with E-state index in [-0.39, 0.29) is 18.4 Å². The second-order valence-corrected chi connectivity index (χ2v) is 6.47. The van der Waals surface area contributed by atoms with Gasteiger partial charge in [0.05, 0.1) is 12.1 Å². The maximum absolute atomic E-state index is 12.5. The Bertz CT molecular complexity index is 712. The summed E-state index contributed by atoms with van der Waals surface area (Å²) < 4.78 is 0. The van der Waals surface area contributed by atoms with Crippen LogP contribution in [0, 0.1) is 0 Å². The summed E-state index contributed by atoms with van der Waals surface area (Å²) in [6.07, 6.45) is 5.31. The van der Waals surface area contributed by atoms with Crippen molar-refractivity contribution in [1.29, 1.82) is 0 Å². The molecule has 0 bridgehead atoms. The molecule has 3 rings (SSSR count). The van der Waals surface area contributed by atoms with Gasteiger partial charge in [-0.1, -0.05) is 0 Å². The fourth-order valence-corrected chi connectivity index (χ4v) is 3.27. The van der Waals surface area contributed by atoms with Gasteiger partial charge >= 0.3 is 5.97 Å². The van der Waals surface area contributed by atoms with Gasteiger partial charge in [0.25, 0.3) is 0 Å². The molecule has 0 radical (unpaired) electrons. The number of aromatic nitrogens is 2. The summed E-state index contributed by atoms with van der Waals surface area (Å²) in [6.45, 7) is 1.56. The molecule has 2 aromatic heterocycles. The Morgan fingerprint density at radius 1 is 1.48 bits per heavy atom. The molecule has 6 nitrogen and oxygen atoms in total. The number of aliphatic carboxylic acids is 1. The lowest BCUT2D eigenvalue weighted by atomic mass is 10.2. The van der Waals surface area contributed by atoms with Crippen molar-refractivity contribution in [2.45, 2.75) is 38.3 Å². The first kappa shape index (κ1) is 15.6. The standard InChI is InChI=1S/C16H17N3O3S/c1-10(16(21)22)19(13-4-5-13)14(20)7-12-9-23-15(18-12)11-3-2-6-17-8-11/h2-3,6,8-10,13H,4-5,7H2,1H3,(H,21,22). The SMILES string of the molecule is CC(C(=O)O)N(C(=O)Cc1csc(-c2cccnc2)n1)C1CC1. The van der Waals surface area contributed by atoms with E-state index in [1.165, 1.54) is 16.2 Å². The van der Waals surface area contributed by atoms with Crippen LogP contribution in [0.5, 0.6) is 0 Å². The number of amides is 1. The second-order valence-electron chi connectivity index (χ2n) is 5.61. The number of pyridine rings is 1. The highest BCUT2D eigenvalue weighted by molar-refractivity contribution is 7.13. The van der Waals surface area contributed by atoms with E-state index < -0.39 is 12.0 Å². The molecule has 120 valence electrons. The number of carboxylic acids is 1. The number of carbonyl (C=O) groups is 2. The van der Waals surface area contributed by atoms with E-state index in [1.807, 2.05) is 17.5 Å². The van der Waals surface area contributed by atoms with Crippen LogP contribution in [0.3, 0.4) is 0 Å². The number of nitrogens with zero attached hydrogens (tertiary/aromatic N) is 3. The number of carbonyl (C=O) groups excluding carboxylic acids is 1. The molecule has 7 heteroatoms. The van der Waals surface area contributed by atoms with Crippen LogP contribution in [0.2, 0.25) is 0 Å². The number of thiazole rings is 1. The Morgan fingerprint density at radius 2 is 2.26 bits per heavy atom. The van der Waals surface area contributed by atoms with Crippen LogP contribution in [0.4, 0.5) is 0 Å². The monoisotopic (exact) mass is 331 g/mol. The lowest BCUT2D eigenvalue weighted by molar-refractivity contribution is -0.149.